The predicted molar refractivity (Wildman–Crippen MR) is 46.9 cm³/mol. The normalized spacial score (nSPS) is 13.1. The highest BCUT2D eigenvalue weighted by Gasteiger charge is 2.02. The van der Waals surface area contributed by atoms with E-state index in [0.717, 1.165) is 0 Å². The lowest BCUT2D eigenvalue weighted by molar-refractivity contribution is 0.587. The quantitative estimate of drug-likeness (QED) is 0.522. The van der Waals surface area contributed by atoms with Crippen LogP contribution in [-0.2, 0) is 0 Å². The summed E-state index contributed by atoms with van der Waals surface area (Å²) in [6, 6.07) is 0. The van der Waals surface area contributed by atoms with Gasteiger partial charge in [0.1, 0.15) is 0 Å². The molecule has 0 saturated carbocycles. The third-order valence-corrected chi connectivity index (χ3v) is 0.739. The van der Waals surface area contributed by atoms with Crippen LogP contribution in [0.15, 0.2) is 22.3 Å². The summed E-state index contributed by atoms with van der Waals surface area (Å²) < 4.78 is 0. The molecule has 0 spiro atoms. The van der Waals surface area contributed by atoms with Crippen LogP contribution in [0.4, 0.5) is 0 Å². The highest BCUT2D eigenvalue weighted by Crippen LogP contribution is 2.04. The lowest BCUT2D eigenvalue weighted by Gasteiger charge is -2.09. The van der Waals surface area contributed by atoms with E-state index in [0.29, 0.717) is 0 Å². The SMILES string of the molecule is C=N/C=C\C=N/C(C)(C)C. The maximum Gasteiger partial charge on any atom is 0.0524 e. The van der Waals surface area contributed by atoms with E-state index in [4.69, 9.17) is 0 Å². The summed E-state index contributed by atoms with van der Waals surface area (Å²) in [6.07, 6.45) is 5.10. The first-order valence-electron chi connectivity index (χ1n) is 3.22. The van der Waals surface area contributed by atoms with Crippen molar-refractivity contribution in [2.45, 2.75) is 26.3 Å². The van der Waals surface area contributed by atoms with E-state index in [9.17, 15) is 0 Å². The molecule has 0 radical (unpaired) electrons. The first-order chi connectivity index (χ1) is 4.56. The molecule has 0 saturated heterocycles. The van der Waals surface area contributed by atoms with Gasteiger partial charge in [0.25, 0.3) is 0 Å². The Balaban J connectivity index is 3.77. The van der Waals surface area contributed by atoms with Crippen LogP contribution in [0, 0.1) is 0 Å². The summed E-state index contributed by atoms with van der Waals surface area (Å²) in [4.78, 5) is 7.73. The standard InChI is InChI=1S/C8H14N2/c1-8(2,3)10-7-5-6-9-4/h5-7H,4H2,1-3H3/b6-5-,10-7-. The van der Waals surface area contributed by atoms with Crippen LogP contribution in [0.5, 0.6) is 0 Å². The van der Waals surface area contributed by atoms with E-state index >= 15 is 0 Å². The van der Waals surface area contributed by atoms with Gasteiger partial charge in [-0.25, -0.2) is 0 Å². The van der Waals surface area contributed by atoms with Crippen LogP contribution in [0.1, 0.15) is 20.8 Å². The number of allylic oxidation sites excluding steroid dienone is 1. The Morgan fingerprint density at radius 3 is 2.30 bits per heavy atom. The Morgan fingerprint density at radius 2 is 1.90 bits per heavy atom. The summed E-state index contributed by atoms with van der Waals surface area (Å²) >= 11 is 0. The van der Waals surface area contributed by atoms with Crippen LogP contribution < -0.4 is 0 Å². The first-order valence-corrected chi connectivity index (χ1v) is 3.22. The molecule has 0 aliphatic carbocycles. The molecule has 0 aromatic rings. The number of hydrogen-bond acceptors (Lipinski definition) is 2. The molecule has 0 aromatic carbocycles. The van der Waals surface area contributed by atoms with Crippen LogP contribution in [-0.4, -0.2) is 18.5 Å². The van der Waals surface area contributed by atoms with Crippen molar-refractivity contribution < 1.29 is 0 Å². The zero-order valence-electron chi connectivity index (χ0n) is 6.83. The lowest BCUT2D eigenvalue weighted by atomic mass is 10.1. The highest BCUT2D eigenvalue weighted by atomic mass is 14.8. The monoisotopic (exact) mass is 138 g/mol. The average molecular weight is 138 g/mol. The summed E-state index contributed by atoms with van der Waals surface area (Å²) in [7, 11) is 0. The third kappa shape index (κ3) is 7.08. The van der Waals surface area contributed by atoms with Gasteiger partial charge in [-0.2, -0.15) is 0 Å². The molecule has 10 heavy (non-hydrogen) atoms. The number of rotatable bonds is 2. The first kappa shape index (κ1) is 9.08. The molecule has 0 heterocycles. The van der Waals surface area contributed by atoms with Gasteiger partial charge in [-0.05, 0) is 33.6 Å². The maximum atomic E-state index is 4.19. The Labute approximate surface area is 62.4 Å². The van der Waals surface area contributed by atoms with Crippen LogP contribution in [0.3, 0.4) is 0 Å². The average Bonchev–Trinajstić information content (AvgIpc) is 1.78. The zero-order valence-corrected chi connectivity index (χ0v) is 6.83. The van der Waals surface area contributed by atoms with Gasteiger partial charge in [0.05, 0.1) is 5.54 Å². The molecule has 0 rings (SSSR count). The number of nitrogens with zero attached hydrogens (tertiary/aromatic N) is 2. The molecular weight excluding hydrogens is 124 g/mol. The minimum atomic E-state index is 0.00547. The Bertz CT molecular complexity index is 149. The summed E-state index contributed by atoms with van der Waals surface area (Å²) in [6.45, 7) is 9.42. The minimum absolute atomic E-state index is 0.00547. The topological polar surface area (TPSA) is 24.7 Å². The van der Waals surface area contributed by atoms with E-state index in [1.165, 1.54) is 0 Å². The van der Waals surface area contributed by atoms with Gasteiger partial charge in [-0.3, -0.25) is 9.98 Å². The van der Waals surface area contributed by atoms with Gasteiger partial charge >= 0.3 is 0 Å². The predicted octanol–water partition coefficient (Wildman–Crippen LogP) is 2.07. The van der Waals surface area contributed by atoms with Gasteiger partial charge in [0.15, 0.2) is 0 Å². The highest BCUT2D eigenvalue weighted by molar-refractivity contribution is 5.71. The molecule has 2 nitrogen and oxygen atoms in total. The fourth-order valence-electron chi connectivity index (χ4n) is 0.366. The summed E-state index contributed by atoms with van der Waals surface area (Å²) in [5, 5.41) is 0. The van der Waals surface area contributed by atoms with Crippen molar-refractivity contribution in [2.75, 3.05) is 0 Å². The van der Waals surface area contributed by atoms with Gasteiger partial charge in [-0.1, -0.05) is 0 Å². The smallest absolute Gasteiger partial charge is 0.0524 e. The molecule has 0 aromatic heterocycles. The molecule has 0 atom stereocenters. The number of aliphatic imine (C=N–C) groups is 2. The second-order valence-electron chi connectivity index (χ2n) is 2.97. The molecule has 0 aliphatic rings. The Morgan fingerprint density at radius 1 is 1.30 bits per heavy atom. The fourth-order valence-corrected chi connectivity index (χ4v) is 0.366. The Kier molecular flexibility index (Phi) is 3.62. The van der Waals surface area contributed by atoms with Gasteiger partial charge in [0, 0.05) is 12.4 Å². The zero-order chi connectivity index (χ0) is 8.04. The van der Waals surface area contributed by atoms with E-state index in [2.05, 4.69) is 16.7 Å². The van der Waals surface area contributed by atoms with Crippen molar-refractivity contribution in [3.63, 3.8) is 0 Å². The van der Waals surface area contributed by atoms with Crippen molar-refractivity contribution >= 4 is 12.9 Å². The molecule has 0 N–H and O–H groups in total. The maximum absolute atomic E-state index is 4.19. The van der Waals surface area contributed by atoms with Crippen molar-refractivity contribution in [1.29, 1.82) is 0 Å². The molecule has 0 unspecified atom stereocenters. The fraction of sp³-hybridized carbons (Fsp3) is 0.500. The second-order valence-corrected chi connectivity index (χ2v) is 2.97. The van der Waals surface area contributed by atoms with E-state index < -0.39 is 0 Å². The van der Waals surface area contributed by atoms with Gasteiger partial charge in [0.2, 0.25) is 0 Å². The van der Waals surface area contributed by atoms with Crippen LogP contribution in [0.2, 0.25) is 0 Å². The van der Waals surface area contributed by atoms with Crippen molar-refractivity contribution in [3.8, 4) is 0 Å². The Hall–Kier alpha value is -0.920. The molecule has 0 amide bonds. The molecule has 0 bridgehead atoms. The van der Waals surface area contributed by atoms with Crippen molar-refractivity contribution in [2.24, 2.45) is 9.98 Å². The molecular formula is C8H14N2. The third-order valence-electron chi connectivity index (χ3n) is 0.739. The summed E-state index contributed by atoms with van der Waals surface area (Å²) in [5.74, 6) is 0. The molecule has 0 aliphatic heterocycles. The molecule has 2 heteroatoms. The van der Waals surface area contributed by atoms with Crippen LogP contribution in [0.25, 0.3) is 0 Å². The van der Waals surface area contributed by atoms with Crippen molar-refractivity contribution in [1.82, 2.24) is 0 Å². The molecule has 0 fully saturated rings. The lowest BCUT2D eigenvalue weighted by Crippen LogP contribution is -2.08. The van der Waals surface area contributed by atoms with Gasteiger partial charge in [-0.15, -0.1) is 0 Å². The van der Waals surface area contributed by atoms with Crippen LogP contribution >= 0.6 is 0 Å². The summed E-state index contributed by atoms with van der Waals surface area (Å²) in [5.41, 5.74) is 0.00547. The van der Waals surface area contributed by atoms with E-state index in [1.54, 1.807) is 18.5 Å². The number of hydrogen-bond donors (Lipinski definition) is 0. The second kappa shape index (κ2) is 3.99. The van der Waals surface area contributed by atoms with E-state index in [1.807, 2.05) is 20.8 Å². The largest absolute Gasteiger partial charge is 0.287 e. The molecule has 56 valence electrons. The minimum Gasteiger partial charge on any atom is -0.287 e. The van der Waals surface area contributed by atoms with E-state index in [-0.39, 0.29) is 5.54 Å². The van der Waals surface area contributed by atoms with Crippen molar-refractivity contribution in [3.05, 3.63) is 12.3 Å². The van der Waals surface area contributed by atoms with Gasteiger partial charge < -0.3 is 0 Å².